The van der Waals surface area contributed by atoms with Crippen molar-refractivity contribution in [3.05, 3.63) is 267 Å². The van der Waals surface area contributed by atoms with Crippen molar-refractivity contribution in [1.29, 1.82) is 0 Å². The Labute approximate surface area is 720 Å². The van der Waals surface area contributed by atoms with E-state index < -0.39 is 0 Å². The van der Waals surface area contributed by atoms with Crippen LogP contribution in [0, 0.1) is 56.2 Å². The van der Waals surface area contributed by atoms with Gasteiger partial charge in [0.05, 0.1) is 74.6 Å². The van der Waals surface area contributed by atoms with Gasteiger partial charge in [-0.15, -0.1) is 0 Å². The van der Waals surface area contributed by atoms with Gasteiger partial charge in [-0.3, -0.25) is 0 Å². The van der Waals surface area contributed by atoms with Crippen LogP contribution in [0.15, 0.2) is 182 Å². The van der Waals surface area contributed by atoms with Gasteiger partial charge in [0, 0.05) is 27.8 Å². The molecule has 0 spiro atoms. The molecule has 10 aromatic carbocycles. The van der Waals surface area contributed by atoms with Crippen molar-refractivity contribution in [1.82, 2.24) is 0 Å². The zero-order chi connectivity index (χ0) is 88.2. The monoisotopic (exact) mass is 1670 g/mol. The van der Waals surface area contributed by atoms with Gasteiger partial charge in [-0.1, -0.05) is 180 Å². The molecule has 10 aromatic rings. The molecule has 0 radical (unpaired) electrons. The molecule has 0 bridgehead atoms. The topological polar surface area (TPSA) is 153 Å². The van der Waals surface area contributed by atoms with Crippen molar-refractivity contribution >= 4 is 5.97 Å². The fourth-order valence-electron chi connectivity index (χ4n) is 20.0. The Balaban J connectivity index is 0.000000149. The number of methoxy groups -OCH3 is 6. The lowest BCUT2D eigenvalue weighted by Gasteiger charge is -2.30. The molecule has 0 amide bonds. The molecule has 650 valence electrons. The Morgan fingerprint density at radius 3 is 0.648 bits per heavy atom. The highest BCUT2D eigenvalue weighted by molar-refractivity contribution is 5.91. The third-order valence-electron chi connectivity index (χ3n) is 27.1. The summed E-state index contributed by atoms with van der Waals surface area (Å²) in [6, 6.07) is 53.0. The van der Waals surface area contributed by atoms with Gasteiger partial charge in [0.25, 0.3) is 0 Å². The summed E-state index contributed by atoms with van der Waals surface area (Å²) in [6.45, 7) is 22.7. The number of aliphatic hydroxyl groups is 4. The molecule has 5 aliphatic carbocycles. The average molecular weight is 1670 g/mol. The van der Waals surface area contributed by atoms with Crippen LogP contribution < -0.4 is 23.7 Å². The van der Waals surface area contributed by atoms with E-state index in [-0.39, 0.29) is 94.5 Å². The van der Waals surface area contributed by atoms with Crippen LogP contribution in [0.4, 0.5) is 22.0 Å². The second kappa shape index (κ2) is 40.2. The number of esters is 1. The average Bonchev–Trinajstić information content (AvgIpc) is 1.54. The van der Waals surface area contributed by atoms with Crippen molar-refractivity contribution in [3.63, 3.8) is 0 Å². The molecular formula is C106H125F5O11. The van der Waals surface area contributed by atoms with Crippen LogP contribution in [0.2, 0.25) is 0 Å². The molecule has 11 nitrogen and oxygen atoms in total. The van der Waals surface area contributed by atoms with Crippen LogP contribution in [-0.2, 0) is 31.2 Å². The summed E-state index contributed by atoms with van der Waals surface area (Å²) in [6.07, 6.45) is 17.0. The van der Waals surface area contributed by atoms with E-state index in [1.807, 2.05) is 84.9 Å². The first-order valence-electron chi connectivity index (χ1n) is 43.1. The minimum atomic E-state index is -0.375. The molecule has 0 heterocycles. The molecule has 15 rings (SSSR count). The van der Waals surface area contributed by atoms with Gasteiger partial charge < -0.3 is 48.8 Å². The minimum absolute atomic E-state index is 0.00101. The second-order valence-corrected chi connectivity index (χ2v) is 37.0. The fourth-order valence-corrected chi connectivity index (χ4v) is 20.0. The number of halogens is 5. The molecule has 0 aromatic heterocycles. The molecule has 5 aliphatic rings. The normalized spacial score (nSPS) is 19.3. The summed E-state index contributed by atoms with van der Waals surface area (Å²) in [4.78, 5) is 12.0. The maximum Gasteiger partial charge on any atom is 0.337 e. The summed E-state index contributed by atoms with van der Waals surface area (Å²) in [5, 5.41) is 38.2. The zero-order valence-corrected chi connectivity index (χ0v) is 74.2. The first-order valence-corrected chi connectivity index (χ1v) is 43.1. The molecule has 122 heavy (non-hydrogen) atoms. The number of benzene rings is 10. The first-order chi connectivity index (χ1) is 58.2. The molecule has 5 atom stereocenters. The molecule has 4 N–H and O–H groups in total. The summed E-state index contributed by atoms with van der Waals surface area (Å²) in [5.41, 5.74) is 17.6. The lowest BCUT2D eigenvalue weighted by molar-refractivity contribution is 0.0600. The molecular weight excluding hydrogens is 1540 g/mol. The van der Waals surface area contributed by atoms with E-state index in [9.17, 15) is 47.2 Å². The smallest absolute Gasteiger partial charge is 0.337 e. The fraction of sp³-hybridized carbons (Fsp3) is 0.425. The summed E-state index contributed by atoms with van der Waals surface area (Å²) in [5.74, 6) is 3.26. The highest BCUT2D eigenvalue weighted by atomic mass is 19.1. The van der Waals surface area contributed by atoms with E-state index in [4.69, 9.17) is 28.4 Å². The summed E-state index contributed by atoms with van der Waals surface area (Å²) >= 11 is 0. The zero-order valence-electron chi connectivity index (χ0n) is 74.2. The van der Waals surface area contributed by atoms with E-state index in [0.29, 0.717) is 85.8 Å². The number of ether oxygens (including phenoxy) is 6. The van der Waals surface area contributed by atoms with Gasteiger partial charge in [-0.2, -0.15) is 0 Å². The lowest BCUT2D eigenvalue weighted by atomic mass is 9.75. The van der Waals surface area contributed by atoms with E-state index in [0.717, 1.165) is 123 Å². The Hall–Kier alpha value is -9.84. The number of hydrogen-bond donors (Lipinski definition) is 4. The van der Waals surface area contributed by atoms with Crippen molar-refractivity contribution in [3.8, 4) is 84.4 Å². The number of carbonyl (C=O) groups is 1. The molecule has 5 saturated carbocycles. The molecule has 0 aliphatic heterocycles. The highest BCUT2D eigenvalue weighted by Crippen LogP contribution is 2.57. The summed E-state index contributed by atoms with van der Waals surface area (Å²) < 4.78 is 104. The Morgan fingerprint density at radius 1 is 0.279 bits per heavy atom. The van der Waals surface area contributed by atoms with Crippen LogP contribution in [0.5, 0.6) is 28.7 Å². The molecule has 3 unspecified atom stereocenters. The van der Waals surface area contributed by atoms with Gasteiger partial charge in [0.2, 0.25) is 0 Å². The van der Waals surface area contributed by atoms with Crippen LogP contribution in [0.3, 0.4) is 0 Å². The lowest BCUT2D eigenvalue weighted by Crippen LogP contribution is -2.17. The maximum atomic E-state index is 14.6. The van der Waals surface area contributed by atoms with Crippen molar-refractivity contribution in [2.45, 2.75) is 222 Å². The van der Waals surface area contributed by atoms with Gasteiger partial charge in [0.1, 0.15) is 57.8 Å². The number of aliphatic hydroxyl groups excluding tert-OH is 4. The Morgan fingerprint density at radius 2 is 0.475 bits per heavy atom. The van der Waals surface area contributed by atoms with Crippen molar-refractivity contribution < 1.29 is 75.6 Å². The van der Waals surface area contributed by atoms with Gasteiger partial charge >= 0.3 is 5.97 Å². The predicted octanol–water partition coefficient (Wildman–Crippen LogP) is 26.7. The number of hydrogen-bond acceptors (Lipinski definition) is 11. The maximum absolute atomic E-state index is 14.6. The SMILES string of the molecule is COC(=O)c1ccc(-c2cc(OC)ccc2F)c(C2CCCC2(C)C)c1.COc1ccc(F)c(-c2ccc(CO)cc2C2CCCC2(C)C)c1.COc1ccc(F)c(-c2ccc(CO)cc2C2CCCC2(C)C)c1.COc1ccc(F)c(-c2ccc(CO)cc2[C@@H]2CCCC2(C)C)c1.COc1ccc(F)c(-c2ccc(CO)cc2[C@H]2CCCC2(C)C)c1. The quantitative estimate of drug-likeness (QED) is 0.0426. The second-order valence-electron chi connectivity index (χ2n) is 37.0. The number of rotatable bonds is 20. The molecule has 0 saturated heterocycles. The van der Waals surface area contributed by atoms with Crippen LogP contribution in [0.1, 0.15) is 256 Å². The van der Waals surface area contributed by atoms with E-state index in [1.165, 1.54) is 88.8 Å². The van der Waals surface area contributed by atoms with Crippen LogP contribution in [-0.4, -0.2) is 69.1 Å². The standard InChI is InChI=1S/C22H25FO3.4C21H25FO2/c1-22(2)11-5-6-19(22)17-12-14(21(24)26-4)7-9-16(17)18-13-15(25-3)8-10-20(18)23;4*1-21(2)10-4-5-19(21)17-11-14(13-23)6-8-16(17)18-12-15(24-3)7-9-20(18)22/h7-10,12-13,19H,5-6,11H2,1-4H3;4*6-9,11-12,19,23H,4-5,10,13H2,1-3H3/t;2*19-;;/m.10../s1. The Bertz CT molecular complexity index is 4770. The van der Waals surface area contributed by atoms with Gasteiger partial charge in [-0.25, -0.2) is 26.7 Å². The van der Waals surface area contributed by atoms with E-state index in [2.05, 4.69) is 69.2 Å². The predicted molar refractivity (Wildman–Crippen MR) is 479 cm³/mol. The van der Waals surface area contributed by atoms with Crippen LogP contribution in [0.25, 0.3) is 55.6 Å². The van der Waals surface area contributed by atoms with Crippen molar-refractivity contribution in [2.24, 2.45) is 27.1 Å². The third-order valence-corrected chi connectivity index (χ3v) is 27.1. The summed E-state index contributed by atoms with van der Waals surface area (Å²) in [7, 11) is 9.30. The number of carbonyl (C=O) groups excluding carboxylic acids is 1. The van der Waals surface area contributed by atoms with E-state index in [1.54, 1.807) is 102 Å². The van der Waals surface area contributed by atoms with Gasteiger partial charge in [0.15, 0.2) is 0 Å². The minimum Gasteiger partial charge on any atom is -0.497 e. The molecule has 16 heteroatoms. The van der Waals surface area contributed by atoms with Crippen LogP contribution >= 0.6 is 0 Å². The molecule has 5 fully saturated rings. The Kier molecular flexibility index (Phi) is 30.6. The van der Waals surface area contributed by atoms with Crippen molar-refractivity contribution in [2.75, 3.05) is 42.7 Å². The first kappa shape index (κ1) is 92.9. The third kappa shape index (κ3) is 21.1. The largest absolute Gasteiger partial charge is 0.497 e. The van der Waals surface area contributed by atoms with E-state index >= 15 is 0 Å². The highest BCUT2D eigenvalue weighted by Gasteiger charge is 2.42. The van der Waals surface area contributed by atoms with Gasteiger partial charge in [-0.05, 0) is 302 Å².